The molecule has 1 heterocycles. The standard InChI is InChI=1S/C18H26N4O2/c1-13(21-17(24)19-12-16(23)18(2,3)4)14-7-5-8-15(11-14)22-10-6-9-20-22/h5-11,13,16,23H,12H2,1-4H3,(H2,19,21,24). The highest BCUT2D eigenvalue weighted by molar-refractivity contribution is 5.74. The molecule has 2 aromatic rings. The lowest BCUT2D eigenvalue weighted by atomic mass is 9.89. The molecule has 0 bridgehead atoms. The van der Waals surface area contributed by atoms with E-state index in [1.807, 2.05) is 64.2 Å². The van der Waals surface area contributed by atoms with Gasteiger partial charge in [0.15, 0.2) is 0 Å². The van der Waals surface area contributed by atoms with E-state index in [1.54, 1.807) is 10.9 Å². The topological polar surface area (TPSA) is 79.2 Å². The highest BCUT2D eigenvalue weighted by Gasteiger charge is 2.22. The Bertz CT molecular complexity index is 662. The molecule has 24 heavy (non-hydrogen) atoms. The second-order valence-corrected chi connectivity index (χ2v) is 7.00. The van der Waals surface area contributed by atoms with Gasteiger partial charge in [0, 0.05) is 18.9 Å². The Morgan fingerprint density at radius 2 is 2.08 bits per heavy atom. The minimum atomic E-state index is -0.596. The first-order chi connectivity index (χ1) is 11.3. The fourth-order valence-corrected chi connectivity index (χ4v) is 2.18. The van der Waals surface area contributed by atoms with Gasteiger partial charge in [-0.3, -0.25) is 0 Å². The predicted molar refractivity (Wildman–Crippen MR) is 94.0 cm³/mol. The Hall–Kier alpha value is -2.34. The second kappa shape index (κ2) is 7.49. The lowest BCUT2D eigenvalue weighted by molar-refractivity contribution is 0.0649. The minimum absolute atomic E-state index is 0.160. The largest absolute Gasteiger partial charge is 0.391 e. The van der Waals surface area contributed by atoms with Crippen molar-refractivity contribution in [2.45, 2.75) is 39.8 Å². The molecule has 0 aliphatic carbocycles. The molecule has 0 aliphatic heterocycles. The molecule has 2 amide bonds. The van der Waals surface area contributed by atoms with Crippen molar-refractivity contribution in [3.63, 3.8) is 0 Å². The molecule has 1 aromatic heterocycles. The number of nitrogens with one attached hydrogen (secondary N) is 2. The van der Waals surface area contributed by atoms with Crippen LogP contribution in [-0.4, -0.2) is 33.6 Å². The Balaban J connectivity index is 1.94. The first-order valence-electron chi connectivity index (χ1n) is 8.10. The number of aromatic nitrogens is 2. The first kappa shape index (κ1) is 18.0. The van der Waals surface area contributed by atoms with E-state index in [0.29, 0.717) is 0 Å². The van der Waals surface area contributed by atoms with E-state index in [-0.39, 0.29) is 24.0 Å². The van der Waals surface area contributed by atoms with Gasteiger partial charge in [-0.2, -0.15) is 5.10 Å². The highest BCUT2D eigenvalue weighted by Crippen LogP contribution is 2.18. The predicted octanol–water partition coefficient (Wildman–Crippen LogP) is 2.64. The Kier molecular flexibility index (Phi) is 5.62. The van der Waals surface area contributed by atoms with E-state index in [1.165, 1.54) is 0 Å². The van der Waals surface area contributed by atoms with Crippen LogP contribution in [0.4, 0.5) is 4.79 Å². The molecule has 130 valence electrons. The Labute approximate surface area is 142 Å². The number of benzene rings is 1. The minimum Gasteiger partial charge on any atom is -0.391 e. The smallest absolute Gasteiger partial charge is 0.315 e. The number of hydrogen-bond acceptors (Lipinski definition) is 3. The molecule has 3 N–H and O–H groups in total. The van der Waals surface area contributed by atoms with Gasteiger partial charge >= 0.3 is 6.03 Å². The van der Waals surface area contributed by atoms with Gasteiger partial charge in [0.25, 0.3) is 0 Å². The average molecular weight is 330 g/mol. The summed E-state index contributed by atoms with van der Waals surface area (Å²) in [5, 5.41) is 19.8. The van der Waals surface area contributed by atoms with Gasteiger partial charge < -0.3 is 15.7 Å². The summed E-state index contributed by atoms with van der Waals surface area (Å²) in [7, 11) is 0. The van der Waals surface area contributed by atoms with E-state index in [9.17, 15) is 9.90 Å². The Morgan fingerprint density at radius 3 is 2.71 bits per heavy atom. The number of rotatable bonds is 5. The van der Waals surface area contributed by atoms with E-state index in [0.717, 1.165) is 11.3 Å². The van der Waals surface area contributed by atoms with Crippen LogP contribution in [0.5, 0.6) is 0 Å². The molecule has 2 atom stereocenters. The van der Waals surface area contributed by atoms with Crippen LogP contribution in [0.3, 0.4) is 0 Å². The summed E-state index contributed by atoms with van der Waals surface area (Å²) in [6.45, 7) is 7.93. The summed E-state index contributed by atoms with van der Waals surface area (Å²) in [5.41, 5.74) is 1.65. The molecule has 0 saturated carbocycles. The van der Waals surface area contributed by atoms with Crippen molar-refractivity contribution in [2.75, 3.05) is 6.54 Å². The molecule has 0 spiro atoms. The van der Waals surface area contributed by atoms with Crippen LogP contribution in [0, 0.1) is 5.41 Å². The van der Waals surface area contributed by atoms with E-state index < -0.39 is 6.10 Å². The molecular weight excluding hydrogens is 304 g/mol. The molecule has 0 radical (unpaired) electrons. The molecule has 1 aromatic carbocycles. The van der Waals surface area contributed by atoms with Crippen molar-refractivity contribution < 1.29 is 9.90 Å². The van der Waals surface area contributed by atoms with Crippen LogP contribution in [0.1, 0.15) is 39.3 Å². The average Bonchev–Trinajstić information content (AvgIpc) is 3.06. The van der Waals surface area contributed by atoms with Gasteiger partial charge in [0.05, 0.1) is 17.8 Å². The number of hydrogen-bond donors (Lipinski definition) is 3. The van der Waals surface area contributed by atoms with Crippen molar-refractivity contribution in [1.82, 2.24) is 20.4 Å². The van der Waals surface area contributed by atoms with Crippen molar-refractivity contribution in [2.24, 2.45) is 5.41 Å². The fourth-order valence-electron chi connectivity index (χ4n) is 2.18. The highest BCUT2D eigenvalue weighted by atomic mass is 16.3. The van der Waals surface area contributed by atoms with Crippen LogP contribution in [0.25, 0.3) is 5.69 Å². The van der Waals surface area contributed by atoms with Gasteiger partial charge in [-0.1, -0.05) is 32.9 Å². The number of amides is 2. The number of aliphatic hydroxyl groups excluding tert-OH is 1. The summed E-state index contributed by atoms with van der Waals surface area (Å²) in [5.74, 6) is 0. The lowest BCUT2D eigenvalue weighted by Crippen LogP contribution is -2.44. The summed E-state index contributed by atoms with van der Waals surface area (Å²) in [6.07, 6.45) is 3.00. The van der Waals surface area contributed by atoms with E-state index >= 15 is 0 Å². The summed E-state index contributed by atoms with van der Waals surface area (Å²) >= 11 is 0. The summed E-state index contributed by atoms with van der Waals surface area (Å²) < 4.78 is 1.77. The van der Waals surface area contributed by atoms with E-state index in [4.69, 9.17) is 0 Å². The van der Waals surface area contributed by atoms with Gasteiger partial charge in [0.1, 0.15) is 0 Å². The third kappa shape index (κ3) is 4.83. The quantitative estimate of drug-likeness (QED) is 0.788. The van der Waals surface area contributed by atoms with Crippen LogP contribution < -0.4 is 10.6 Å². The first-order valence-corrected chi connectivity index (χ1v) is 8.10. The third-order valence-corrected chi connectivity index (χ3v) is 3.94. The van der Waals surface area contributed by atoms with Gasteiger partial charge in [-0.25, -0.2) is 9.48 Å². The molecule has 2 rings (SSSR count). The number of urea groups is 1. The molecular formula is C18H26N4O2. The zero-order valence-electron chi connectivity index (χ0n) is 14.7. The van der Waals surface area contributed by atoms with Gasteiger partial charge in [0.2, 0.25) is 0 Å². The van der Waals surface area contributed by atoms with Crippen LogP contribution in [0.2, 0.25) is 0 Å². The fraction of sp³-hybridized carbons (Fsp3) is 0.444. The maximum absolute atomic E-state index is 12.0. The van der Waals surface area contributed by atoms with Crippen molar-refractivity contribution in [3.05, 3.63) is 48.3 Å². The van der Waals surface area contributed by atoms with Crippen molar-refractivity contribution in [3.8, 4) is 5.69 Å². The zero-order valence-corrected chi connectivity index (χ0v) is 14.7. The second-order valence-electron chi connectivity index (χ2n) is 7.00. The third-order valence-electron chi connectivity index (χ3n) is 3.94. The summed E-state index contributed by atoms with van der Waals surface area (Å²) in [6, 6.07) is 9.25. The number of carbonyl (C=O) groups excluding carboxylic acids is 1. The van der Waals surface area contributed by atoms with E-state index in [2.05, 4.69) is 15.7 Å². The normalized spacial score (nSPS) is 14.0. The van der Waals surface area contributed by atoms with Crippen molar-refractivity contribution >= 4 is 6.03 Å². The molecule has 6 heteroatoms. The van der Waals surface area contributed by atoms with Gasteiger partial charge in [-0.05, 0) is 36.1 Å². The molecule has 0 aliphatic rings. The number of nitrogens with zero attached hydrogens (tertiary/aromatic N) is 2. The van der Waals surface area contributed by atoms with Crippen LogP contribution >= 0.6 is 0 Å². The molecule has 0 saturated heterocycles. The monoisotopic (exact) mass is 330 g/mol. The maximum Gasteiger partial charge on any atom is 0.315 e. The SMILES string of the molecule is CC(NC(=O)NCC(O)C(C)(C)C)c1cccc(-n2cccn2)c1. The van der Waals surface area contributed by atoms with Crippen LogP contribution in [0.15, 0.2) is 42.7 Å². The molecule has 0 fully saturated rings. The number of aliphatic hydroxyl groups is 1. The lowest BCUT2D eigenvalue weighted by Gasteiger charge is -2.26. The summed E-state index contributed by atoms with van der Waals surface area (Å²) in [4.78, 5) is 12.0. The number of carbonyl (C=O) groups is 1. The molecule has 2 unspecified atom stereocenters. The van der Waals surface area contributed by atoms with Crippen molar-refractivity contribution in [1.29, 1.82) is 0 Å². The van der Waals surface area contributed by atoms with Crippen LogP contribution in [-0.2, 0) is 0 Å². The molecule has 6 nitrogen and oxygen atoms in total. The zero-order chi connectivity index (χ0) is 17.7. The van der Waals surface area contributed by atoms with Gasteiger partial charge in [-0.15, -0.1) is 0 Å². The maximum atomic E-state index is 12.0. The Morgan fingerprint density at radius 1 is 1.33 bits per heavy atom.